The molecule has 17 heavy (non-hydrogen) atoms. The van der Waals surface area contributed by atoms with Crippen LogP contribution in [0, 0.1) is 6.92 Å². The minimum absolute atomic E-state index is 0.0722. The summed E-state index contributed by atoms with van der Waals surface area (Å²) in [5.74, 6) is -0.148. The fourth-order valence-corrected chi connectivity index (χ4v) is 2.17. The van der Waals surface area contributed by atoms with Gasteiger partial charge in [-0.1, -0.05) is 22.0 Å². The van der Waals surface area contributed by atoms with E-state index in [2.05, 4.69) is 21.2 Å². The van der Waals surface area contributed by atoms with Crippen LogP contribution in [0.15, 0.2) is 22.7 Å². The maximum Gasteiger partial charge on any atom is 0.246 e. The van der Waals surface area contributed by atoms with Gasteiger partial charge in [0.15, 0.2) is 0 Å². The third kappa shape index (κ3) is 2.66. The van der Waals surface area contributed by atoms with Gasteiger partial charge in [-0.3, -0.25) is 9.59 Å². The van der Waals surface area contributed by atoms with Crippen molar-refractivity contribution < 1.29 is 9.59 Å². The number of rotatable bonds is 1. The molecule has 0 aromatic heterocycles. The third-order valence-electron chi connectivity index (χ3n) is 2.76. The Morgan fingerprint density at radius 1 is 1.35 bits per heavy atom. The lowest BCUT2D eigenvalue weighted by atomic mass is 10.1. The third-order valence-corrected chi connectivity index (χ3v) is 3.26. The summed E-state index contributed by atoms with van der Waals surface area (Å²) in [7, 11) is 0. The van der Waals surface area contributed by atoms with Gasteiger partial charge in [-0.25, -0.2) is 0 Å². The Hall–Kier alpha value is -1.36. The van der Waals surface area contributed by atoms with Crippen LogP contribution in [0.1, 0.15) is 12.0 Å². The Morgan fingerprint density at radius 3 is 2.88 bits per heavy atom. The molecule has 1 saturated heterocycles. The van der Waals surface area contributed by atoms with Crippen LogP contribution < -0.4 is 10.2 Å². The SMILES string of the molecule is Cc1ccc(Br)cc1N1CCC(=O)NCC1=O. The summed E-state index contributed by atoms with van der Waals surface area (Å²) in [6.07, 6.45) is 0.345. The maximum atomic E-state index is 11.9. The van der Waals surface area contributed by atoms with Crippen molar-refractivity contribution in [2.24, 2.45) is 0 Å². The van der Waals surface area contributed by atoms with Crippen LogP contribution in [0.5, 0.6) is 0 Å². The molecule has 2 rings (SSSR count). The molecular weight excluding hydrogens is 284 g/mol. The summed E-state index contributed by atoms with van der Waals surface area (Å²) in [6.45, 7) is 2.46. The van der Waals surface area contributed by atoms with Crippen LogP contribution in [0.3, 0.4) is 0 Å². The molecule has 4 nitrogen and oxygen atoms in total. The second-order valence-corrected chi connectivity index (χ2v) is 4.92. The number of aryl methyl sites for hydroxylation is 1. The molecule has 1 aromatic rings. The fourth-order valence-electron chi connectivity index (χ4n) is 1.82. The highest BCUT2D eigenvalue weighted by atomic mass is 79.9. The van der Waals surface area contributed by atoms with Crippen molar-refractivity contribution >= 4 is 33.4 Å². The standard InChI is InChI=1S/C12H13BrN2O2/c1-8-2-3-9(13)6-10(8)15-5-4-11(16)14-7-12(15)17/h2-3,6H,4-5,7H2,1H3,(H,14,16). The van der Waals surface area contributed by atoms with Crippen LogP contribution in [-0.2, 0) is 9.59 Å². The Labute approximate surface area is 108 Å². The fraction of sp³-hybridized carbons (Fsp3) is 0.333. The minimum atomic E-state index is -0.0755. The van der Waals surface area contributed by atoms with Crippen molar-refractivity contribution in [2.45, 2.75) is 13.3 Å². The van der Waals surface area contributed by atoms with E-state index in [1.54, 1.807) is 4.90 Å². The zero-order valence-corrected chi connectivity index (χ0v) is 11.1. The first kappa shape index (κ1) is 12.1. The van der Waals surface area contributed by atoms with Crippen molar-refractivity contribution in [3.05, 3.63) is 28.2 Å². The molecule has 0 spiro atoms. The first-order valence-corrected chi connectivity index (χ1v) is 6.20. The van der Waals surface area contributed by atoms with E-state index in [-0.39, 0.29) is 18.4 Å². The van der Waals surface area contributed by atoms with Gasteiger partial charge in [-0.15, -0.1) is 0 Å². The number of benzene rings is 1. The summed E-state index contributed by atoms with van der Waals surface area (Å²) in [5.41, 5.74) is 1.89. The number of nitrogens with one attached hydrogen (secondary N) is 1. The predicted molar refractivity (Wildman–Crippen MR) is 68.9 cm³/mol. The highest BCUT2D eigenvalue weighted by Gasteiger charge is 2.22. The van der Waals surface area contributed by atoms with E-state index >= 15 is 0 Å². The van der Waals surface area contributed by atoms with Gasteiger partial charge in [-0.05, 0) is 24.6 Å². The number of halogens is 1. The highest BCUT2D eigenvalue weighted by molar-refractivity contribution is 9.10. The van der Waals surface area contributed by atoms with Gasteiger partial charge in [0.05, 0.1) is 6.54 Å². The molecule has 90 valence electrons. The number of anilines is 1. The zero-order valence-electron chi connectivity index (χ0n) is 9.50. The molecule has 1 aliphatic rings. The summed E-state index contributed by atoms with van der Waals surface area (Å²) >= 11 is 3.39. The first-order valence-electron chi connectivity index (χ1n) is 5.41. The lowest BCUT2D eigenvalue weighted by molar-refractivity contribution is -0.123. The number of nitrogens with zero attached hydrogens (tertiary/aromatic N) is 1. The van der Waals surface area contributed by atoms with Gasteiger partial charge in [0.2, 0.25) is 11.8 Å². The monoisotopic (exact) mass is 296 g/mol. The maximum absolute atomic E-state index is 11.9. The molecule has 2 amide bonds. The van der Waals surface area contributed by atoms with Gasteiger partial charge in [0.1, 0.15) is 0 Å². The lowest BCUT2D eigenvalue weighted by Gasteiger charge is -2.22. The van der Waals surface area contributed by atoms with Crippen LogP contribution in [0.4, 0.5) is 5.69 Å². The molecule has 5 heteroatoms. The molecule has 0 saturated carbocycles. The number of hydrogen-bond donors (Lipinski definition) is 1. The molecule has 0 bridgehead atoms. The van der Waals surface area contributed by atoms with Crippen molar-refractivity contribution in [3.8, 4) is 0 Å². The van der Waals surface area contributed by atoms with Crippen LogP contribution in [-0.4, -0.2) is 24.9 Å². The average molecular weight is 297 g/mol. The number of carbonyl (C=O) groups is 2. The predicted octanol–water partition coefficient (Wildman–Crippen LogP) is 1.61. The molecular formula is C12H13BrN2O2. The molecule has 1 heterocycles. The van der Waals surface area contributed by atoms with Crippen LogP contribution in [0.2, 0.25) is 0 Å². The number of amides is 2. The number of hydrogen-bond acceptors (Lipinski definition) is 2. The molecule has 0 radical (unpaired) electrons. The average Bonchev–Trinajstić information content (AvgIpc) is 2.46. The van der Waals surface area contributed by atoms with E-state index in [9.17, 15) is 9.59 Å². The van der Waals surface area contributed by atoms with Crippen molar-refractivity contribution in [1.29, 1.82) is 0 Å². The molecule has 0 unspecified atom stereocenters. The summed E-state index contributed by atoms with van der Waals surface area (Å²) in [5, 5.41) is 2.59. The van der Waals surface area contributed by atoms with E-state index < -0.39 is 0 Å². The second kappa shape index (κ2) is 4.87. The minimum Gasteiger partial charge on any atom is -0.347 e. The Kier molecular flexibility index (Phi) is 3.47. The van der Waals surface area contributed by atoms with E-state index in [0.29, 0.717) is 13.0 Å². The normalized spacial score (nSPS) is 16.7. The van der Waals surface area contributed by atoms with Crippen molar-refractivity contribution in [3.63, 3.8) is 0 Å². The van der Waals surface area contributed by atoms with Gasteiger partial charge in [0.25, 0.3) is 0 Å². The second-order valence-electron chi connectivity index (χ2n) is 4.00. The quantitative estimate of drug-likeness (QED) is 0.856. The van der Waals surface area contributed by atoms with E-state index in [1.165, 1.54) is 0 Å². The number of carbonyl (C=O) groups excluding carboxylic acids is 2. The Morgan fingerprint density at radius 2 is 2.12 bits per heavy atom. The van der Waals surface area contributed by atoms with Crippen LogP contribution in [0.25, 0.3) is 0 Å². The summed E-state index contributed by atoms with van der Waals surface area (Å²) < 4.78 is 0.925. The molecule has 0 atom stereocenters. The first-order chi connectivity index (χ1) is 8.08. The van der Waals surface area contributed by atoms with Crippen LogP contribution >= 0.6 is 15.9 Å². The van der Waals surface area contributed by atoms with E-state index in [0.717, 1.165) is 15.7 Å². The van der Waals surface area contributed by atoms with E-state index in [1.807, 2.05) is 25.1 Å². The zero-order chi connectivity index (χ0) is 12.4. The Balaban J connectivity index is 2.34. The van der Waals surface area contributed by atoms with Gasteiger partial charge in [0, 0.05) is 23.1 Å². The highest BCUT2D eigenvalue weighted by Crippen LogP contribution is 2.25. The molecule has 0 aliphatic carbocycles. The summed E-state index contributed by atoms with van der Waals surface area (Å²) in [6, 6.07) is 5.79. The largest absolute Gasteiger partial charge is 0.347 e. The molecule has 1 N–H and O–H groups in total. The van der Waals surface area contributed by atoms with E-state index in [4.69, 9.17) is 0 Å². The topological polar surface area (TPSA) is 49.4 Å². The van der Waals surface area contributed by atoms with Crippen molar-refractivity contribution in [1.82, 2.24) is 5.32 Å². The van der Waals surface area contributed by atoms with Crippen molar-refractivity contribution in [2.75, 3.05) is 18.0 Å². The Bertz CT molecular complexity index is 474. The smallest absolute Gasteiger partial charge is 0.246 e. The molecule has 1 fully saturated rings. The lowest BCUT2D eigenvalue weighted by Crippen LogP contribution is -2.35. The molecule has 1 aliphatic heterocycles. The van der Waals surface area contributed by atoms with Gasteiger partial charge < -0.3 is 10.2 Å². The van der Waals surface area contributed by atoms with Gasteiger partial charge in [-0.2, -0.15) is 0 Å². The van der Waals surface area contributed by atoms with Gasteiger partial charge >= 0.3 is 0 Å². The summed E-state index contributed by atoms with van der Waals surface area (Å²) in [4.78, 5) is 24.8. The molecule has 1 aromatic carbocycles.